The van der Waals surface area contributed by atoms with Crippen molar-refractivity contribution in [2.45, 2.75) is 26.1 Å². The Hall–Kier alpha value is -2.08. The highest BCUT2D eigenvalue weighted by atomic mass is 16.5. The number of carbonyl (C=O) groups is 2. The summed E-state index contributed by atoms with van der Waals surface area (Å²) < 4.78 is 10.5. The molecule has 6 nitrogen and oxygen atoms in total. The van der Waals surface area contributed by atoms with E-state index < -0.39 is 12.1 Å². The van der Waals surface area contributed by atoms with E-state index in [4.69, 9.17) is 14.6 Å². The summed E-state index contributed by atoms with van der Waals surface area (Å²) in [6, 6.07) is 7.37. The molecule has 0 saturated heterocycles. The molecule has 1 rings (SSSR count). The van der Waals surface area contributed by atoms with Crippen molar-refractivity contribution >= 4 is 11.9 Å². The summed E-state index contributed by atoms with van der Waals surface area (Å²) in [6.07, 6.45) is -0.746. The Balaban J connectivity index is 2.36. The van der Waals surface area contributed by atoms with Crippen LogP contribution in [-0.2, 0) is 20.9 Å². The summed E-state index contributed by atoms with van der Waals surface area (Å²) in [5, 5.41) is 11.0. The number of ether oxygens (including phenoxy) is 2. The van der Waals surface area contributed by atoms with Gasteiger partial charge in [-0.2, -0.15) is 0 Å². The molecule has 6 heteroatoms. The van der Waals surface area contributed by atoms with Crippen LogP contribution in [0, 0.1) is 0 Å². The minimum atomic E-state index is -0.949. The SMILES string of the molecule is COc1cccc(COC(C)C(=O)NCCC(=O)O)c1. The van der Waals surface area contributed by atoms with E-state index in [1.54, 1.807) is 14.0 Å². The molecule has 0 bridgehead atoms. The number of aliphatic carboxylic acids is 1. The first-order chi connectivity index (χ1) is 9.52. The summed E-state index contributed by atoms with van der Waals surface area (Å²) in [5.74, 6) is -0.547. The highest BCUT2D eigenvalue weighted by Gasteiger charge is 2.13. The van der Waals surface area contributed by atoms with Crippen molar-refractivity contribution in [1.82, 2.24) is 5.32 Å². The van der Waals surface area contributed by atoms with Gasteiger partial charge in [0, 0.05) is 6.54 Å². The Morgan fingerprint density at radius 1 is 1.40 bits per heavy atom. The van der Waals surface area contributed by atoms with Gasteiger partial charge >= 0.3 is 5.97 Å². The van der Waals surface area contributed by atoms with Gasteiger partial charge in [0.05, 0.1) is 20.1 Å². The highest BCUT2D eigenvalue weighted by molar-refractivity contribution is 5.80. The molecule has 0 heterocycles. The van der Waals surface area contributed by atoms with Crippen LogP contribution < -0.4 is 10.1 Å². The Labute approximate surface area is 117 Å². The van der Waals surface area contributed by atoms with Crippen LogP contribution in [0.3, 0.4) is 0 Å². The Kier molecular flexibility index (Phi) is 6.52. The van der Waals surface area contributed by atoms with Gasteiger partial charge in [0.15, 0.2) is 0 Å². The molecule has 1 amide bonds. The predicted octanol–water partition coefficient (Wildman–Crippen LogP) is 1.19. The third-order valence-electron chi connectivity index (χ3n) is 2.64. The topological polar surface area (TPSA) is 84.9 Å². The normalized spacial score (nSPS) is 11.7. The second kappa shape index (κ2) is 8.16. The summed E-state index contributed by atoms with van der Waals surface area (Å²) >= 11 is 0. The molecule has 20 heavy (non-hydrogen) atoms. The van der Waals surface area contributed by atoms with Crippen molar-refractivity contribution in [3.63, 3.8) is 0 Å². The van der Waals surface area contributed by atoms with Crippen LogP contribution in [0.1, 0.15) is 18.9 Å². The fourth-order valence-corrected chi connectivity index (χ4v) is 1.50. The number of hydrogen-bond acceptors (Lipinski definition) is 4. The van der Waals surface area contributed by atoms with E-state index in [1.807, 2.05) is 24.3 Å². The van der Waals surface area contributed by atoms with Gasteiger partial charge in [0.1, 0.15) is 11.9 Å². The molecule has 1 unspecified atom stereocenters. The lowest BCUT2D eigenvalue weighted by atomic mass is 10.2. The predicted molar refractivity (Wildman–Crippen MR) is 72.5 cm³/mol. The molecule has 0 saturated carbocycles. The van der Waals surface area contributed by atoms with Crippen molar-refractivity contribution < 1.29 is 24.2 Å². The van der Waals surface area contributed by atoms with Crippen molar-refractivity contribution in [1.29, 1.82) is 0 Å². The largest absolute Gasteiger partial charge is 0.497 e. The lowest BCUT2D eigenvalue weighted by Crippen LogP contribution is -2.35. The quantitative estimate of drug-likeness (QED) is 0.747. The fraction of sp³-hybridized carbons (Fsp3) is 0.429. The van der Waals surface area contributed by atoms with E-state index in [-0.39, 0.29) is 25.5 Å². The van der Waals surface area contributed by atoms with Gasteiger partial charge in [-0.05, 0) is 24.6 Å². The number of amides is 1. The summed E-state index contributed by atoms with van der Waals surface area (Å²) in [6.45, 7) is 2.00. The average Bonchev–Trinajstić information content (AvgIpc) is 2.44. The van der Waals surface area contributed by atoms with Gasteiger partial charge in [0.2, 0.25) is 5.91 Å². The highest BCUT2D eigenvalue weighted by Crippen LogP contribution is 2.13. The van der Waals surface area contributed by atoms with E-state index in [0.29, 0.717) is 0 Å². The number of carbonyl (C=O) groups excluding carboxylic acids is 1. The molecular weight excluding hydrogens is 262 g/mol. The van der Waals surface area contributed by atoms with Crippen molar-refractivity contribution in [3.8, 4) is 5.75 Å². The molecule has 1 aromatic carbocycles. The second-order valence-electron chi connectivity index (χ2n) is 4.24. The summed E-state index contributed by atoms with van der Waals surface area (Å²) in [7, 11) is 1.58. The fourth-order valence-electron chi connectivity index (χ4n) is 1.50. The van der Waals surface area contributed by atoms with Gasteiger partial charge in [-0.1, -0.05) is 12.1 Å². The maximum Gasteiger partial charge on any atom is 0.305 e. The van der Waals surface area contributed by atoms with E-state index in [2.05, 4.69) is 5.32 Å². The molecule has 2 N–H and O–H groups in total. The first-order valence-corrected chi connectivity index (χ1v) is 6.27. The van der Waals surface area contributed by atoms with Crippen molar-refractivity contribution in [2.75, 3.05) is 13.7 Å². The number of benzene rings is 1. The second-order valence-corrected chi connectivity index (χ2v) is 4.24. The van der Waals surface area contributed by atoms with Crippen molar-refractivity contribution in [3.05, 3.63) is 29.8 Å². The standard InChI is InChI=1S/C14H19NO5/c1-10(14(18)15-7-6-13(16)17)20-9-11-4-3-5-12(8-11)19-2/h3-5,8,10H,6-7,9H2,1-2H3,(H,15,18)(H,16,17). The minimum Gasteiger partial charge on any atom is -0.497 e. The van der Waals surface area contributed by atoms with Crippen LogP contribution in [-0.4, -0.2) is 36.7 Å². The van der Waals surface area contributed by atoms with Gasteiger partial charge in [-0.25, -0.2) is 0 Å². The average molecular weight is 281 g/mol. The molecule has 0 spiro atoms. The number of nitrogens with one attached hydrogen (secondary N) is 1. The van der Waals surface area contributed by atoms with Crippen molar-refractivity contribution in [2.24, 2.45) is 0 Å². The molecule has 110 valence electrons. The maximum atomic E-state index is 11.6. The third kappa shape index (κ3) is 5.71. The molecular formula is C14H19NO5. The van der Waals surface area contributed by atoms with Crippen LogP contribution in [0.4, 0.5) is 0 Å². The van der Waals surface area contributed by atoms with Gasteiger partial charge < -0.3 is 19.9 Å². The van der Waals surface area contributed by atoms with Crippen LogP contribution >= 0.6 is 0 Å². The minimum absolute atomic E-state index is 0.0982. The molecule has 0 aliphatic carbocycles. The van der Waals surface area contributed by atoms with Crippen LogP contribution in [0.5, 0.6) is 5.75 Å². The molecule has 0 fully saturated rings. The van der Waals surface area contributed by atoms with E-state index in [9.17, 15) is 9.59 Å². The number of methoxy groups -OCH3 is 1. The molecule has 1 aromatic rings. The van der Waals surface area contributed by atoms with Gasteiger partial charge in [-0.3, -0.25) is 9.59 Å². The molecule has 0 aliphatic rings. The monoisotopic (exact) mass is 281 g/mol. The lowest BCUT2D eigenvalue weighted by molar-refractivity contribution is -0.137. The molecule has 0 radical (unpaired) electrons. The lowest BCUT2D eigenvalue weighted by Gasteiger charge is -2.13. The number of hydrogen-bond donors (Lipinski definition) is 2. The first kappa shape index (κ1) is 16.0. The van der Waals surface area contributed by atoms with Crippen LogP contribution in [0.2, 0.25) is 0 Å². The van der Waals surface area contributed by atoms with Crippen LogP contribution in [0.15, 0.2) is 24.3 Å². The zero-order valence-electron chi connectivity index (χ0n) is 11.6. The number of carboxylic acid groups (broad SMARTS) is 1. The van der Waals surface area contributed by atoms with E-state index >= 15 is 0 Å². The first-order valence-electron chi connectivity index (χ1n) is 6.27. The smallest absolute Gasteiger partial charge is 0.305 e. The Bertz CT molecular complexity index is 461. The van der Waals surface area contributed by atoms with Gasteiger partial charge in [-0.15, -0.1) is 0 Å². The summed E-state index contributed by atoms with van der Waals surface area (Å²) in [5.41, 5.74) is 0.898. The number of rotatable bonds is 8. The summed E-state index contributed by atoms with van der Waals surface area (Å²) in [4.78, 5) is 21.9. The van der Waals surface area contributed by atoms with E-state index in [1.165, 1.54) is 0 Å². The third-order valence-corrected chi connectivity index (χ3v) is 2.64. The molecule has 0 aromatic heterocycles. The zero-order chi connectivity index (χ0) is 15.0. The zero-order valence-corrected chi connectivity index (χ0v) is 11.6. The van der Waals surface area contributed by atoms with Crippen LogP contribution in [0.25, 0.3) is 0 Å². The Morgan fingerprint density at radius 3 is 2.80 bits per heavy atom. The number of carboxylic acids is 1. The molecule has 1 atom stereocenters. The Morgan fingerprint density at radius 2 is 2.15 bits per heavy atom. The molecule has 0 aliphatic heterocycles. The van der Waals surface area contributed by atoms with E-state index in [0.717, 1.165) is 11.3 Å². The maximum absolute atomic E-state index is 11.6. The van der Waals surface area contributed by atoms with Gasteiger partial charge in [0.25, 0.3) is 0 Å².